The Balaban J connectivity index is 1.48. The van der Waals surface area contributed by atoms with Crippen molar-refractivity contribution in [2.45, 2.75) is 44.3 Å². The molecule has 3 aromatic carbocycles. The Bertz CT molecular complexity index is 1320. The largest absolute Gasteiger partial charge is 0.486 e. The lowest BCUT2D eigenvalue weighted by molar-refractivity contribution is -0.115. The Morgan fingerprint density at radius 1 is 0.972 bits per heavy atom. The molecule has 1 atom stereocenters. The Kier molecular flexibility index (Phi) is 8.17. The molecule has 4 aromatic rings. The van der Waals surface area contributed by atoms with Crippen LogP contribution in [0.3, 0.4) is 0 Å². The number of ether oxygens (including phenoxy) is 1. The van der Waals surface area contributed by atoms with E-state index in [9.17, 15) is 9.59 Å². The van der Waals surface area contributed by atoms with E-state index in [0.29, 0.717) is 28.8 Å². The van der Waals surface area contributed by atoms with Gasteiger partial charge in [-0.25, -0.2) is 0 Å². The van der Waals surface area contributed by atoms with Crippen molar-refractivity contribution >= 4 is 29.1 Å². The van der Waals surface area contributed by atoms with Gasteiger partial charge in [-0.15, -0.1) is 10.2 Å². The Morgan fingerprint density at radius 3 is 2.33 bits per heavy atom. The van der Waals surface area contributed by atoms with Crippen molar-refractivity contribution in [3.05, 3.63) is 101 Å². The van der Waals surface area contributed by atoms with E-state index >= 15 is 0 Å². The number of rotatable bonds is 10. The molecule has 1 aromatic heterocycles. The SMILES string of the molecule is CC(=O)c1ccc(NC(=O)C(C)Sc2nnc(COc3ccc(C)cc3)n2Cc2ccccc2)cc1. The van der Waals surface area contributed by atoms with E-state index in [1.807, 2.05) is 73.0 Å². The van der Waals surface area contributed by atoms with Gasteiger partial charge in [-0.3, -0.25) is 14.2 Å². The van der Waals surface area contributed by atoms with Crippen LogP contribution in [0.2, 0.25) is 0 Å². The molecule has 0 saturated heterocycles. The summed E-state index contributed by atoms with van der Waals surface area (Å²) in [5, 5.41) is 11.9. The fourth-order valence-electron chi connectivity index (χ4n) is 3.46. The summed E-state index contributed by atoms with van der Waals surface area (Å²) in [6, 6.07) is 24.7. The third-order valence-electron chi connectivity index (χ3n) is 5.58. The molecule has 0 spiro atoms. The van der Waals surface area contributed by atoms with E-state index < -0.39 is 5.25 Å². The van der Waals surface area contributed by atoms with Gasteiger partial charge < -0.3 is 10.1 Å². The van der Waals surface area contributed by atoms with Crippen LogP contribution in [0.4, 0.5) is 5.69 Å². The van der Waals surface area contributed by atoms with Crippen molar-refractivity contribution in [1.82, 2.24) is 14.8 Å². The average Bonchev–Trinajstić information content (AvgIpc) is 3.25. The second kappa shape index (κ2) is 11.7. The number of ketones is 1. The Labute approximate surface area is 214 Å². The molecule has 0 aliphatic heterocycles. The molecule has 1 heterocycles. The van der Waals surface area contributed by atoms with Crippen LogP contribution < -0.4 is 10.1 Å². The van der Waals surface area contributed by atoms with Crippen molar-refractivity contribution in [3.8, 4) is 5.75 Å². The van der Waals surface area contributed by atoms with Crippen molar-refractivity contribution < 1.29 is 14.3 Å². The number of anilines is 1. The molecule has 8 heteroatoms. The molecule has 1 amide bonds. The summed E-state index contributed by atoms with van der Waals surface area (Å²) in [5.41, 5.74) is 3.49. The lowest BCUT2D eigenvalue weighted by Crippen LogP contribution is -2.23. The first-order valence-electron chi connectivity index (χ1n) is 11.6. The highest BCUT2D eigenvalue weighted by Gasteiger charge is 2.21. The quantitative estimate of drug-likeness (QED) is 0.227. The molecule has 0 bridgehead atoms. The summed E-state index contributed by atoms with van der Waals surface area (Å²) in [4.78, 5) is 24.4. The number of amides is 1. The van der Waals surface area contributed by atoms with Crippen molar-refractivity contribution in [1.29, 1.82) is 0 Å². The zero-order chi connectivity index (χ0) is 25.5. The van der Waals surface area contributed by atoms with Gasteiger partial charge in [-0.1, -0.05) is 59.8 Å². The van der Waals surface area contributed by atoms with Gasteiger partial charge in [0.2, 0.25) is 5.91 Å². The monoisotopic (exact) mass is 500 g/mol. The van der Waals surface area contributed by atoms with Crippen LogP contribution in [0, 0.1) is 6.92 Å². The summed E-state index contributed by atoms with van der Waals surface area (Å²) in [6.45, 7) is 6.18. The highest BCUT2D eigenvalue weighted by Crippen LogP contribution is 2.25. The van der Waals surface area contributed by atoms with E-state index in [4.69, 9.17) is 4.74 Å². The van der Waals surface area contributed by atoms with Crippen LogP contribution in [0.1, 0.15) is 41.2 Å². The summed E-state index contributed by atoms with van der Waals surface area (Å²) in [6.07, 6.45) is 0. The first kappa shape index (κ1) is 25.2. The number of nitrogens with one attached hydrogen (secondary N) is 1. The molecular weight excluding hydrogens is 472 g/mol. The van der Waals surface area contributed by atoms with Gasteiger partial charge >= 0.3 is 0 Å². The molecular formula is C28H28N4O3S. The second-order valence-electron chi connectivity index (χ2n) is 8.46. The fraction of sp³-hybridized carbons (Fsp3) is 0.214. The number of nitrogens with zero attached hydrogens (tertiary/aromatic N) is 3. The maximum atomic E-state index is 12.9. The van der Waals surface area contributed by atoms with Gasteiger partial charge in [0.15, 0.2) is 16.8 Å². The number of aryl methyl sites for hydroxylation is 1. The number of benzene rings is 3. The molecule has 184 valence electrons. The van der Waals surface area contributed by atoms with Crippen LogP contribution in [0.25, 0.3) is 0 Å². The lowest BCUT2D eigenvalue weighted by atomic mass is 10.1. The zero-order valence-electron chi connectivity index (χ0n) is 20.5. The average molecular weight is 501 g/mol. The smallest absolute Gasteiger partial charge is 0.237 e. The van der Waals surface area contributed by atoms with Gasteiger partial charge in [0.1, 0.15) is 12.4 Å². The minimum atomic E-state index is -0.429. The maximum Gasteiger partial charge on any atom is 0.237 e. The van der Waals surface area contributed by atoms with E-state index in [1.54, 1.807) is 24.3 Å². The third kappa shape index (κ3) is 6.60. The van der Waals surface area contributed by atoms with Gasteiger partial charge in [0, 0.05) is 11.3 Å². The number of hydrogen-bond donors (Lipinski definition) is 1. The van der Waals surface area contributed by atoms with Crippen molar-refractivity contribution in [2.75, 3.05) is 5.32 Å². The molecule has 36 heavy (non-hydrogen) atoms. The van der Waals surface area contributed by atoms with Crippen LogP contribution >= 0.6 is 11.8 Å². The molecule has 0 aliphatic rings. The summed E-state index contributed by atoms with van der Waals surface area (Å²) >= 11 is 1.34. The molecule has 0 radical (unpaired) electrons. The minimum absolute atomic E-state index is 0.0169. The van der Waals surface area contributed by atoms with E-state index in [2.05, 4.69) is 15.5 Å². The summed E-state index contributed by atoms with van der Waals surface area (Å²) < 4.78 is 7.95. The molecule has 1 unspecified atom stereocenters. The normalized spacial score (nSPS) is 11.6. The standard InChI is InChI=1S/C28H28N4O3S/c1-19-9-15-25(16-10-19)35-18-26-30-31-28(32(26)17-22-7-5-4-6-8-22)36-21(3)27(34)29-24-13-11-23(12-14-24)20(2)33/h4-16,21H,17-18H2,1-3H3,(H,29,34). The first-order valence-corrected chi connectivity index (χ1v) is 12.5. The highest BCUT2D eigenvalue weighted by atomic mass is 32.2. The van der Waals surface area contributed by atoms with Gasteiger partial charge in [-0.05, 0) is 62.7 Å². The molecule has 0 fully saturated rings. The predicted molar refractivity (Wildman–Crippen MR) is 141 cm³/mol. The number of carbonyl (C=O) groups excluding carboxylic acids is 2. The minimum Gasteiger partial charge on any atom is -0.486 e. The number of hydrogen-bond acceptors (Lipinski definition) is 6. The molecule has 4 rings (SSSR count). The lowest BCUT2D eigenvalue weighted by Gasteiger charge is -2.14. The summed E-state index contributed by atoms with van der Waals surface area (Å²) in [7, 11) is 0. The third-order valence-corrected chi connectivity index (χ3v) is 6.66. The van der Waals surface area contributed by atoms with E-state index in [-0.39, 0.29) is 18.3 Å². The van der Waals surface area contributed by atoms with Crippen LogP contribution in [-0.2, 0) is 17.9 Å². The van der Waals surface area contributed by atoms with E-state index in [1.165, 1.54) is 18.7 Å². The molecule has 1 N–H and O–H groups in total. The van der Waals surface area contributed by atoms with Gasteiger partial charge in [0.25, 0.3) is 0 Å². The van der Waals surface area contributed by atoms with Crippen LogP contribution in [0.5, 0.6) is 5.75 Å². The van der Waals surface area contributed by atoms with Gasteiger partial charge in [-0.2, -0.15) is 0 Å². The predicted octanol–water partition coefficient (Wildman–Crippen LogP) is 5.54. The number of Topliss-reactive ketones (excluding diaryl/α,β-unsaturated/α-hetero) is 1. The van der Waals surface area contributed by atoms with E-state index in [0.717, 1.165) is 16.9 Å². The van der Waals surface area contributed by atoms with Gasteiger partial charge in [0.05, 0.1) is 11.8 Å². The Hall–Kier alpha value is -3.91. The molecule has 0 saturated carbocycles. The van der Waals surface area contributed by atoms with Crippen molar-refractivity contribution in [2.24, 2.45) is 0 Å². The molecule has 0 aliphatic carbocycles. The first-order chi connectivity index (χ1) is 17.4. The Morgan fingerprint density at radius 2 is 1.67 bits per heavy atom. The summed E-state index contributed by atoms with van der Waals surface area (Å²) in [5.74, 6) is 1.25. The molecule has 7 nitrogen and oxygen atoms in total. The topological polar surface area (TPSA) is 86.1 Å². The fourth-order valence-corrected chi connectivity index (χ4v) is 4.33. The number of aromatic nitrogens is 3. The van der Waals surface area contributed by atoms with Crippen LogP contribution in [0.15, 0.2) is 84.0 Å². The zero-order valence-corrected chi connectivity index (χ0v) is 21.3. The van der Waals surface area contributed by atoms with Crippen molar-refractivity contribution in [3.63, 3.8) is 0 Å². The second-order valence-corrected chi connectivity index (χ2v) is 9.76. The number of carbonyl (C=O) groups is 2. The highest BCUT2D eigenvalue weighted by molar-refractivity contribution is 8.00. The van der Waals surface area contributed by atoms with Crippen LogP contribution in [-0.4, -0.2) is 31.7 Å². The number of thioether (sulfide) groups is 1. The maximum absolute atomic E-state index is 12.9.